The fourth-order valence-corrected chi connectivity index (χ4v) is 2.88. The minimum absolute atomic E-state index is 0.00350. The molecule has 140 valence electrons. The highest BCUT2D eigenvalue weighted by Crippen LogP contribution is 2.28. The number of nitrogens with zero attached hydrogens (tertiary/aromatic N) is 1. The first kappa shape index (κ1) is 19.9. The van der Waals surface area contributed by atoms with E-state index in [9.17, 15) is 32.9 Å². The average Bonchev–Trinajstić information content (AvgIpc) is 2.51. The number of Topliss-reactive ketones (excluding diaryl/α,β-unsaturated/α-hetero) is 2. The van der Waals surface area contributed by atoms with Gasteiger partial charge < -0.3 is 4.74 Å². The third-order valence-corrected chi connectivity index (χ3v) is 4.22. The summed E-state index contributed by atoms with van der Waals surface area (Å²) in [5, 5.41) is 11.1. The molecule has 1 heterocycles. The first-order valence-corrected chi connectivity index (χ1v) is 9.25. The molecule has 0 spiro atoms. The smallest absolute Gasteiger partial charge is 0.324 e. The van der Waals surface area contributed by atoms with Crippen molar-refractivity contribution < 1.29 is 36.6 Å². The number of nitro groups is 1. The van der Waals surface area contributed by atoms with E-state index in [-0.39, 0.29) is 5.02 Å². The maximum atomic E-state index is 12.5. The van der Waals surface area contributed by atoms with Gasteiger partial charge >= 0.3 is 5.97 Å². The largest absolute Gasteiger partial charge is 0.459 e. The van der Waals surface area contributed by atoms with Crippen LogP contribution in [-0.2, 0) is 28.6 Å². The van der Waals surface area contributed by atoms with Gasteiger partial charge in [0.2, 0.25) is 0 Å². The van der Waals surface area contributed by atoms with Crippen LogP contribution in [0, 0.1) is 16.0 Å². The molecule has 1 aromatic rings. The Hall–Kier alpha value is -2.37. The molecule has 26 heavy (non-hydrogen) atoms. The van der Waals surface area contributed by atoms with Crippen LogP contribution in [0.25, 0.3) is 0 Å². The summed E-state index contributed by atoms with van der Waals surface area (Å²) in [6.45, 7) is -0.571. The summed E-state index contributed by atoms with van der Waals surface area (Å²) in [5.74, 6) is -5.04. The molecule has 1 aromatic carbocycles. The number of hydrogen-bond acceptors (Lipinski definition) is 9. The van der Waals surface area contributed by atoms with Gasteiger partial charge in [-0.1, -0.05) is 11.6 Å². The summed E-state index contributed by atoms with van der Waals surface area (Å²) in [5.41, 5.74) is -1.11. The van der Waals surface area contributed by atoms with Crippen LogP contribution in [0.5, 0.6) is 0 Å². The highest BCUT2D eigenvalue weighted by Gasteiger charge is 2.44. The summed E-state index contributed by atoms with van der Waals surface area (Å²) < 4.78 is 31.2. The average molecular weight is 406 g/mol. The normalized spacial score (nSPS) is 20.5. The number of carbonyl (C=O) groups is 3. The number of ketones is 2. The van der Waals surface area contributed by atoms with Gasteiger partial charge in [0.1, 0.15) is 12.7 Å². The van der Waals surface area contributed by atoms with Gasteiger partial charge in [-0.05, 0) is 12.1 Å². The number of cyclic esters (lactones) is 1. The van der Waals surface area contributed by atoms with E-state index < -0.39 is 68.9 Å². The molecule has 0 bridgehead atoms. The number of esters is 1. The SMILES string of the molecule is CS(=O)(=O)OCC1CC(=O)C(C(=O)c2ccc(Cl)cc2[N+](=O)[O-])C(=O)O1. The van der Waals surface area contributed by atoms with Crippen molar-refractivity contribution in [1.29, 1.82) is 0 Å². The fourth-order valence-electron chi connectivity index (χ4n) is 2.31. The molecular formula is C14H12ClNO9S. The van der Waals surface area contributed by atoms with Gasteiger partial charge in [-0.2, -0.15) is 8.42 Å². The second-order valence-corrected chi connectivity index (χ2v) is 7.51. The van der Waals surface area contributed by atoms with Gasteiger partial charge in [0, 0.05) is 17.5 Å². The van der Waals surface area contributed by atoms with Gasteiger partial charge in [0.15, 0.2) is 17.5 Å². The number of halogens is 1. The Kier molecular flexibility index (Phi) is 5.74. The zero-order valence-corrected chi connectivity index (χ0v) is 14.8. The molecule has 2 atom stereocenters. The van der Waals surface area contributed by atoms with Crippen LogP contribution < -0.4 is 0 Å². The number of hydrogen-bond donors (Lipinski definition) is 0. The first-order chi connectivity index (χ1) is 12.0. The quantitative estimate of drug-likeness (QED) is 0.168. The van der Waals surface area contributed by atoms with Crippen LogP contribution in [0.4, 0.5) is 5.69 Å². The monoisotopic (exact) mass is 405 g/mol. The zero-order valence-electron chi connectivity index (χ0n) is 13.2. The Morgan fingerprint density at radius 3 is 2.62 bits per heavy atom. The van der Waals surface area contributed by atoms with Crippen molar-refractivity contribution in [3.8, 4) is 0 Å². The molecule has 0 aliphatic carbocycles. The summed E-state index contributed by atoms with van der Waals surface area (Å²) in [7, 11) is -3.81. The number of carbonyl (C=O) groups excluding carboxylic acids is 3. The number of ether oxygens (including phenoxy) is 1. The van der Waals surface area contributed by atoms with Gasteiger partial charge in [0.25, 0.3) is 15.8 Å². The summed E-state index contributed by atoms with van der Waals surface area (Å²) >= 11 is 5.66. The maximum absolute atomic E-state index is 12.5. The molecule has 0 aromatic heterocycles. The lowest BCUT2D eigenvalue weighted by molar-refractivity contribution is -0.385. The molecule has 2 rings (SSSR count). The third-order valence-electron chi connectivity index (χ3n) is 3.42. The lowest BCUT2D eigenvalue weighted by Crippen LogP contribution is -2.44. The van der Waals surface area contributed by atoms with E-state index in [1.807, 2.05) is 0 Å². The molecule has 12 heteroatoms. The van der Waals surface area contributed by atoms with Crippen LogP contribution in [0.2, 0.25) is 5.02 Å². The van der Waals surface area contributed by atoms with E-state index in [1.54, 1.807) is 0 Å². The Morgan fingerprint density at radius 1 is 1.42 bits per heavy atom. The molecular weight excluding hydrogens is 394 g/mol. The highest BCUT2D eigenvalue weighted by atomic mass is 35.5. The van der Waals surface area contributed by atoms with Crippen molar-refractivity contribution >= 4 is 44.9 Å². The Balaban J connectivity index is 2.23. The molecule has 1 aliphatic heterocycles. The van der Waals surface area contributed by atoms with E-state index in [0.717, 1.165) is 18.4 Å². The first-order valence-electron chi connectivity index (χ1n) is 7.05. The van der Waals surface area contributed by atoms with Crippen molar-refractivity contribution in [2.45, 2.75) is 12.5 Å². The van der Waals surface area contributed by atoms with Gasteiger partial charge in [-0.15, -0.1) is 0 Å². The van der Waals surface area contributed by atoms with Crippen LogP contribution in [0.3, 0.4) is 0 Å². The minimum atomic E-state index is -3.81. The van der Waals surface area contributed by atoms with E-state index in [0.29, 0.717) is 0 Å². The Morgan fingerprint density at radius 2 is 2.08 bits per heavy atom. The predicted molar refractivity (Wildman–Crippen MR) is 86.2 cm³/mol. The second-order valence-electron chi connectivity index (χ2n) is 5.43. The van der Waals surface area contributed by atoms with Gasteiger partial charge in [-0.25, -0.2) is 0 Å². The number of rotatable bonds is 6. The van der Waals surface area contributed by atoms with E-state index >= 15 is 0 Å². The van der Waals surface area contributed by atoms with Gasteiger partial charge in [-0.3, -0.25) is 28.7 Å². The topological polar surface area (TPSA) is 147 Å². The van der Waals surface area contributed by atoms with E-state index in [4.69, 9.17) is 16.3 Å². The summed E-state index contributed by atoms with van der Waals surface area (Å²) in [6, 6.07) is 3.18. The molecule has 2 unspecified atom stereocenters. The fraction of sp³-hybridized carbons (Fsp3) is 0.357. The molecule has 1 saturated heterocycles. The number of benzene rings is 1. The lowest BCUT2D eigenvalue weighted by Gasteiger charge is -2.25. The number of nitro benzene ring substituents is 1. The minimum Gasteiger partial charge on any atom is -0.459 e. The van der Waals surface area contributed by atoms with Crippen molar-refractivity contribution in [2.75, 3.05) is 12.9 Å². The highest BCUT2D eigenvalue weighted by molar-refractivity contribution is 7.85. The second kappa shape index (κ2) is 7.48. The van der Waals surface area contributed by atoms with E-state index in [2.05, 4.69) is 4.18 Å². The molecule has 0 radical (unpaired) electrons. The zero-order chi connectivity index (χ0) is 19.6. The Bertz CT molecular complexity index is 878. The van der Waals surface area contributed by atoms with Crippen LogP contribution in [0.15, 0.2) is 18.2 Å². The molecule has 0 N–H and O–H groups in total. The molecule has 0 amide bonds. The summed E-state index contributed by atoms with van der Waals surface area (Å²) in [4.78, 5) is 46.9. The van der Waals surface area contributed by atoms with Crippen LogP contribution in [-0.4, -0.2) is 49.8 Å². The Labute approximate surface area is 152 Å². The maximum Gasteiger partial charge on any atom is 0.324 e. The lowest BCUT2D eigenvalue weighted by atomic mass is 9.88. The molecule has 1 aliphatic rings. The molecule has 1 fully saturated rings. The van der Waals surface area contributed by atoms with E-state index in [1.165, 1.54) is 6.07 Å². The van der Waals surface area contributed by atoms with Crippen molar-refractivity contribution in [1.82, 2.24) is 0 Å². The van der Waals surface area contributed by atoms with Crippen molar-refractivity contribution in [3.05, 3.63) is 38.9 Å². The summed E-state index contributed by atoms with van der Waals surface area (Å²) in [6.07, 6.45) is -0.848. The molecule has 10 nitrogen and oxygen atoms in total. The van der Waals surface area contributed by atoms with Crippen LogP contribution in [0.1, 0.15) is 16.8 Å². The molecule has 0 saturated carbocycles. The van der Waals surface area contributed by atoms with Gasteiger partial charge in [0.05, 0.1) is 16.7 Å². The van der Waals surface area contributed by atoms with Crippen LogP contribution >= 0.6 is 11.6 Å². The standard InChI is InChI=1S/C14H12ClNO9S/c1-26(22,23)24-6-8-5-11(17)12(14(19)25-8)13(18)9-3-2-7(15)4-10(9)16(20)21/h2-4,8,12H,5-6H2,1H3. The predicted octanol–water partition coefficient (Wildman–Crippen LogP) is 0.908. The third kappa shape index (κ3) is 4.62. The van der Waals surface area contributed by atoms with Crippen molar-refractivity contribution in [2.24, 2.45) is 5.92 Å². The van der Waals surface area contributed by atoms with Crippen molar-refractivity contribution in [3.63, 3.8) is 0 Å².